The zero-order chi connectivity index (χ0) is 22.4. The number of hydrogen-bond acceptors (Lipinski definition) is 6. The van der Waals surface area contributed by atoms with E-state index in [1.165, 1.54) is 0 Å². The number of nitrogens with zero attached hydrogens (tertiary/aromatic N) is 2. The van der Waals surface area contributed by atoms with Gasteiger partial charge in [0.05, 0.1) is 18.8 Å². The molecule has 8 heteroatoms. The number of amides is 2. The molecule has 1 spiro atoms. The monoisotopic (exact) mass is 441 g/mol. The molecule has 1 fully saturated rings. The Bertz CT molecular complexity index is 933. The van der Waals surface area contributed by atoms with E-state index in [2.05, 4.69) is 10.5 Å². The maximum absolute atomic E-state index is 12.8. The van der Waals surface area contributed by atoms with E-state index in [1.54, 1.807) is 19.1 Å². The van der Waals surface area contributed by atoms with Gasteiger partial charge in [-0.05, 0) is 44.7 Å². The summed E-state index contributed by atoms with van der Waals surface area (Å²) >= 11 is 0. The fraction of sp³-hybridized carbons (Fsp3) is 0.542. The number of carbonyl (C=O) groups excluding carboxylic acids is 2. The first kappa shape index (κ1) is 22.3. The largest absolute Gasteiger partial charge is 0.492 e. The lowest BCUT2D eigenvalue weighted by Crippen LogP contribution is -2.45. The van der Waals surface area contributed by atoms with Gasteiger partial charge in [0.2, 0.25) is 0 Å². The minimum Gasteiger partial charge on any atom is -0.492 e. The summed E-state index contributed by atoms with van der Waals surface area (Å²) in [5.41, 5.74) is 0.844. The number of ether oxygens (including phenoxy) is 2. The summed E-state index contributed by atoms with van der Waals surface area (Å²) in [7, 11) is 0. The Morgan fingerprint density at radius 1 is 1.12 bits per heavy atom. The average Bonchev–Trinajstić information content (AvgIpc) is 3.25. The van der Waals surface area contributed by atoms with Crippen LogP contribution >= 0.6 is 0 Å². The molecule has 0 aliphatic carbocycles. The van der Waals surface area contributed by atoms with E-state index in [-0.39, 0.29) is 17.2 Å². The van der Waals surface area contributed by atoms with Crippen molar-refractivity contribution in [3.05, 3.63) is 47.3 Å². The number of benzene rings is 1. The quantitative estimate of drug-likeness (QED) is 0.730. The third kappa shape index (κ3) is 5.30. The molecule has 0 saturated carbocycles. The third-order valence-corrected chi connectivity index (χ3v) is 6.40. The first-order valence-electron chi connectivity index (χ1n) is 11.4. The zero-order valence-electron chi connectivity index (χ0n) is 18.6. The van der Waals surface area contributed by atoms with Crippen molar-refractivity contribution in [3.63, 3.8) is 0 Å². The number of aryl methyl sites for hydroxylation is 1. The van der Waals surface area contributed by atoms with Gasteiger partial charge in [0.1, 0.15) is 11.5 Å². The van der Waals surface area contributed by atoms with Crippen molar-refractivity contribution in [1.29, 1.82) is 0 Å². The standard InChI is InChI=1S/C24H31N3O5/c1-18-16-20(26-32-18)23(29)27-12-9-24(10-13-27)8-4-5-14-30-15-11-25-22(28)19-6-2-3-7-21(19)31-17-24/h2-3,6-7,16H,4-5,8-15,17H2,1H3,(H,25,28). The van der Waals surface area contributed by atoms with Crippen LogP contribution in [0.5, 0.6) is 5.75 Å². The Labute approximate surface area is 188 Å². The summed E-state index contributed by atoms with van der Waals surface area (Å²) in [6.07, 6.45) is 4.67. The summed E-state index contributed by atoms with van der Waals surface area (Å²) in [4.78, 5) is 27.2. The Hall–Kier alpha value is -2.87. The van der Waals surface area contributed by atoms with E-state index in [0.29, 0.717) is 62.2 Å². The Morgan fingerprint density at radius 2 is 1.94 bits per heavy atom. The topological polar surface area (TPSA) is 93.9 Å². The van der Waals surface area contributed by atoms with E-state index >= 15 is 0 Å². The summed E-state index contributed by atoms with van der Waals surface area (Å²) in [6.45, 7) is 5.25. The molecule has 1 aromatic heterocycles. The highest BCUT2D eigenvalue weighted by molar-refractivity contribution is 5.96. The molecule has 0 radical (unpaired) electrons. The van der Waals surface area contributed by atoms with Crippen molar-refractivity contribution in [2.45, 2.75) is 39.0 Å². The number of rotatable bonds is 1. The summed E-state index contributed by atoms with van der Waals surface area (Å²) < 4.78 is 17.0. The van der Waals surface area contributed by atoms with E-state index in [9.17, 15) is 9.59 Å². The van der Waals surface area contributed by atoms with Crippen LogP contribution in [0, 0.1) is 12.3 Å². The van der Waals surface area contributed by atoms with E-state index < -0.39 is 0 Å². The molecule has 1 aromatic carbocycles. The maximum atomic E-state index is 12.8. The number of nitrogens with one attached hydrogen (secondary N) is 1. The third-order valence-electron chi connectivity index (χ3n) is 6.40. The second-order valence-corrected chi connectivity index (χ2v) is 8.73. The first-order valence-corrected chi connectivity index (χ1v) is 11.4. The molecule has 0 unspecified atom stereocenters. The molecule has 172 valence electrons. The van der Waals surface area contributed by atoms with Crippen LogP contribution in [-0.4, -0.2) is 61.3 Å². The van der Waals surface area contributed by atoms with E-state index in [1.807, 2.05) is 23.1 Å². The van der Waals surface area contributed by atoms with Gasteiger partial charge < -0.3 is 24.2 Å². The van der Waals surface area contributed by atoms with Gasteiger partial charge in [-0.3, -0.25) is 9.59 Å². The number of fused-ring (bicyclic) bond motifs is 1. The van der Waals surface area contributed by atoms with Gasteiger partial charge in [-0.1, -0.05) is 23.7 Å². The van der Waals surface area contributed by atoms with Gasteiger partial charge in [-0.2, -0.15) is 0 Å². The van der Waals surface area contributed by atoms with Crippen LogP contribution < -0.4 is 10.1 Å². The Morgan fingerprint density at radius 3 is 2.72 bits per heavy atom. The molecule has 2 amide bonds. The SMILES string of the molecule is Cc1cc(C(=O)N2CCC3(CCCCOCCNC(=O)c4ccccc4OC3)CC2)no1. The van der Waals surface area contributed by atoms with Crippen molar-refractivity contribution in [1.82, 2.24) is 15.4 Å². The van der Waals surface area contributed by atoms with E-state index in [0.717, 1.165) is 32.1 Å². The van der Waals surface area contributed by atoms with Crippen LogP contribution in [0.3, 0.4) is 0 Å². The highest BCUT2D eigenvalue weighted by Gasteiger charge is 2.37. The predicted molar refractivity (Wildman–Crippen MR) is 118 cm³/mol. The highest BCUT2D eigenvalue weighted by Crippen LogP contribution is 2.38. The molecule has 8 nitrogen and oxygen atoms in total. The van der Waals surface area contributed by atoms with Crippen molar-refractivity contribution >= 4 is 11.8 Å². The van der Waals surface area contributed by atoms with Crippen LogP contribution in [0.15, 0.2) is 34.9 Å². The number of carbonyl (C=O) groups is 2. The molecule has 1 saturated heterocycles. The van der Waals surface area contributed by atoms with Gasteiger partial charge in [-0.25, -0.2) is 0 Å². The lowest BCUT2D eigenvalue weighted by Gasteiger charge is -2.41. The molecular formula is C24H31N3O5. The zero-order valence-corrected chi connectivity index (χ0v) is 18.6. The van der Waals surface area contributed by atoms with E-state index in [4.69, 9.17) is 14.0 Å². The number of likely N-dealkylation sites (tertiary alicyclic amines) is 1. The van der Waals surface area contributed by atoms with Crippen molar-refractivity contribution in [3.8, 4) is 5.75 Å². The average molecular weight is 442 g/mol. The minimum absolute atomic E-state index is 0.0514. The second-order valence-electron chi connectivity index (χ2n) is 8.73. The van der Waals surface area contributed by atoms with Crippen LogP contribution in [0.1, 0.15) is 58.7 Å². The molecule has 4 rings (SSSR count). The minimum atomic E-state index is -0.154. The fourth-order valence-electron chi connectivity index (χ4n) is 4.43. The summed E-state index contributed by atoms with van der Waals surface area (Å²) in [5.74, 6) is 0.984. The normalized spacial score (nSPS) is 20.0. The molecule has 2 aliphatic rings. The molecular weight excluding hydrogens is 410 g/mol. The molecule has 2 aromatic rings. The lowest BCUT2D eigenvalue weighted by molar-refractivity contribution is 0.0335. The predicted octanol–water partition coefficient (Wildman–Crippen LogP) is 3.21. The number of para-hydroxylation sites is 1. The van der Waals surface area contributed by atoms with Crippen LogP contribution in [0.2, 0.25) is 0 Å². The van der Waals surface area contributed by atoms with Crippen molar-refractivity contribution in [2.24, 2.45) is 5.41 Å². The Balaban J connectivity index is 1.47. The van der Waals surface area contributed by atoms with Crippen LogP contribution in [0.25, 0.3) is 0 Å². The second kappa shape index (κ2) is 10.2. The number of aromatic nitrogens is 1. The fourth-order valence-corrected chi connectivity index (χ4v) is 4.43. The molecule has 0 atom stereocenters. The lowest BCUT2D eigenvalue weighted by atomic mass is 9.75. The van der Waals surface area contributed by atoms with Gasteiger partial charge in [0.15, 0.2) is 5.69 Å². The Kier molecular flexibility index (Phi) is 7.09. The van der Waals surface area contributed by atoms with Gasteiger partial charge in [0, 0.05) is 37.7 Å². The molecule has 3 heterocycles. The molecule has 32 heavy (non-hydrogen) atoms. The van der Waals surface area contributed by atoms with Gasteiger partial charge >= 0.3 is 0 Å². The number of piperidine rings is 1. The first-order chi connectivity index (χ1) is 15.6. The highest BCUT2D eigenvalue weighted by atomic mass is 16.5. The maximum Gasteiger partial charge on any atom is 0.276 e. The molecule has 2 aliphatic heterocycles. The number of hydrogen-bond donors (Lipinski definition) is 1. The van der Waals surface area contributed by atoms with Crippen LogP contribution in [0.4, 0.5) is 0 Å². The smallest absolute Gasteiger partial charge is 0.276 e. The molecule has 0 bridgehead atoms. The van der Waals surface area contributed by atoms with Crippen LogP contribution in [-0.2, 0) is 4.74 Å². The van der Waals surface area contributed by atoms with Gasteiger partial charge in [-0.15, -0.1) is 0 Å². The molecule has 1 N–H and O–H groups in total. The summed E-state index contributed by atoms with van der Waals surface area (Å²) in [6, 6.07) is 9.03. The van der Waals surface area contributed by atoms with Crippen molar-refractivity contribution < 1.29 is 23.6 Å². The summed E-state index contributed by atoms with van der Waals surface area (Å²) in [5, 5.41) is 6.77. The van der Waals surface area contributed by atoms with Gasteiger partial charge in [0.25, 0.3) is 11.8 Å². The van der Waals surface area contributed by atoms with Crippen molar-refractivity contribution in [2.75, 3.05) is 39.5 Å².